The van der Waals surface area contributed by atoms with Crippen molar-refractivity contribution in [2.45, 2.75) is 31.8 Å². The van der Waals surface area contributed by atoms with Gasteiger partial charge in [0.2, 0.25) is 5.91 Å². The molecular formula is C10H18N2O2. The fourth-order valence-electron chi connectivity index (χ4n) is 2.15. The minimum absolute atomic E-state index is 0.0653. The molecule has 2 aliphatic rings. The van der Waals surface area contributed by atoms with Crippen molar-refractivity contribution in [3.05, 3.63) is 0 Å². The number of carbonyl (C=O) groups excluding carboxylic acids is 1. The predicted octanol–water partition coefficient (Wildman–Crippen LogP) is -0.0143. The third-order valence-corrected chi connectivity index (χ3v) is 3.01. The van der Waals surface area contributed by atoms with Crippen LogP contribution in [0.1, 0.15) is 19.8 Å². The number of nitrogens with one attached hydrogen (secondary N) is 1. The molecule has 2 aliphatic heterocycles. The summed E-state index contributed by atoms with van der Waals surface area (Å²) in [5, 5.41) is 3.24. The van der Waals surface area contributed by atoms with Gasteiger partial charge in [0, 0.05) is 6.54 Å². The van der Waals surface area contributed by atoms with Crippen molar-refractivity contribution in [1.29, 1.82) is 0 Å². The van der Waals surface area contributed by atoms with Crippen LogP contribution in [0, 0.1) is 0 Å². The molecule has 1 N–H and O–H groups in total. The molecule has 80 valence electrons. The van der Waals surface area contributed by atoms with Gasteiger partial charge in [-0.2, -0.15) is 0 Å². The molecule has 2 heterocycles. The van der Waals surface area contributed by atoms with E-state index in [2.05, 4.69) is 5.32 Å². The Morgan fingerprint density at radius 1 is 1.57 bits per heavy atom. The zero-order valence-corrected chi connectivity index (χ0v) is 8.66. The summed E-state index contributed by atoms with van der Waals surface area (Å²) < 4.78 is 5.31. The first-order valence-corrected chi connectivity index (χ1v) is 5.40. The van der Waals surface area contributed by atoms with Crippen LogP contribution in [-0.4, -0.2) is 49.2 Å². The molecule has 0 aliphatic carbocycles. The third kappa shape index (κ3) is 1.91. The molecule has 1 unspecified atom stereocenters. The molecular weight excluding hydrogens is 180 g/mol. The second-order valence-electron chi connectivity index (χ2n) is 4.10. The number of carbonyl (C=O) groups is 1. The van der Waals surface area contributed by atoms with Crippen LogP contribution in [0.3, 0.4) is 0 Å². The number of morpholine rings is 1. The molecule has 4 heteroatoms. The highest BCUT2D eigenvalue weighted by molar-refractivity contribution is 5.82. The van der Waals surface area contributed by atoms with Crippen LogP contribution in [-0.2, 0) is 9.53 Å². The molecule has 0 aromatic heterocycles. The van der Waals surface area contributed by atoms with E-state index in [0.717, 1.165) is 25.9 Å². The Kier molecular flexibility index (Phi) is 3.03. The summed E-state index contributed by atoms with van der Waals surface area (Å²) in [5.74, 6) is 0.262. The normalized spacial score (nSPS) is 33.4. The Morgan fingerprint density at radius 3 is 3.07 bits per heavy atom. The maximum Gasteiger partial charge on any atom is 0.240 e. The standard InChI is InChI=1S/C10H18N2O2/c1-8-7-14-6-5-12(8)10(13)9-3-2-4-11-9/h8-9,11H,2-7H2,1H3/t8-,9?/m1/s1. The van der Waals surface area contributed by atoms with Crippen LogP contribution in [0.5, 0.6) is 0 Å². The Morgan fingerprint density at radius 2 is 2.43 bits per heavy atom. The lowest BCUT2D eigenvalue weighted by Gasteiger charge is -2.35. The molecule has 0 spiro atoms. The summed E-state index contributed by atoms with van der Waals surface area (Å²) in [6, 6.07) is 0.300. The molecule has 2 fully saturated rings. The Labute approximate surface area is 84.6 Å². The van der Waals surface area contributed by atoms with Gasteiger partial charge in [-0.05, 0) is 26.3 Å². The fraction of sp³-hybridized carbons (Fsp3) is 0.900. The van der Waals surface area contributed by atoms with E-state index < -0.39 is 0 Å². The van der Waals surface area contributed by atoms with E-state index in [4.69, 9.17) is 4.74 Å². The van der Waals surface area contributed by atoms with Crippen molar-refractivity contribution >= 4 is 5.91 Å². The predicted molar refractivity (Wildman–Crippen MR) is 53.0 cm³/mol. The monoisotopic (exact) mass is 198 g/mol. The highest BCUT2D eigenvalue weighted by atomic mass is 16.5. The van der Waals surface area contributed by atoms with Gasteiger partial charge < -0.3 is 15.0 Å². The molecule has 0 aromatic carbocycles. The fourth-order valence-corrected chi connectivity index (χ4v) is 2.15. The van der Waals surface area contributed by atoms with E-state index >= 15 is 0 Å². The topological polar surface area (TPSA) is 41.6 Å². The van der Waals surface area contributed by atoms with E-state index in [-0.39, 0.29) is 18.0 Å². The van der Waals surface area contributed by atoms with Gasteiger partial charge in [-0.3, -0.25) is 4.79 Å². The minimum atomic E-state index is 0.0653. The summed E-state index contributed by atoms with van der Waals surface area (Å²) in [6.45, 7) is 5.14. The molecule has 2 rings (SSSR count). The molecule has 0 bridgehead atoms. The average Bonchev–Trinajstić information content (AvgIpc) is 2.70. The van der Waals surface area contributed by atoms with Crippen LogP contribution in [0.4, 0.5) is 0 Å². The first-order chi connectivity index (χ1) is 6.79. The highest BCUT2D eigenvalue weighted by Crippen LogP contribution is 2.13. The summed E-state index contributed by atoms with van der Waals surface area (Å²) in [6.07, 6.45) is 2.11. The molecule has 2 atom stereocenters. The van der Waals surface area contributed by atoms with Gasteiger partial charge in [0.1, 0.15) is 0 Å². The Hall–Kier alpha value is -0.610. The van der Waals surface area contributed by atoms with Crippen molar-refractivity contribution in [3.8, 4) is 0 Å². The number of hydrogen-bond acceptors (Lipinski definition) is 3. The van der Waals surface area contributed by atoms with E-state index in [1.807, 2.05) is 11.8 Å². The van der Waals surface area contributed by atoms with Crippen molar-refractivity contribution in [2.75, 3.05) is 26.3 Å². The minimum Gasteiger partial charge on any atom is -0.377 e. The van der Waals surface area contributed by atoms with Crippen molar-refractivity contribution in [1.82, 2.24) is 10.2 Å². The highest BCUT2D eigenvalue weighted by Gasteiger charge is 2.30. The molecule has 2 saturated heterocycles. The molecule has 1 amide bonds. The van der Waals surface area contributed by atoms with Crippen molar-refractivity contribution < 1.29 is 9.53 Å². The smallest absolute Gasteiger partial charge is 0.240 e. The van der Waals surface area contributed by atoms with E-state index in [1.165, 1.54) is 0 Å². The summed E-state index contributed by atoms with van der Waals surface area (Å²) in [4.78, 5) is 14.0. The first kappa shape index (κ1) is 9.93. The van der Waals surface area contributed by atoms with E-state index in [0.29, 0.717) is 13.2 Å². The number of nitrogens with zero attached hydrogens (tertiary/aromatic N) is 1. The molecule has 14 heavy (non-hydrogen) atoms. The number of rotatable bonds is 1. The lowest BCUT2D eigenvalue weighted by Crippen LogP contribution is -2.52. The zero-order valence-electron chi connectivity index (χ0n) is 8.66. The average molecular weight is 198 g/mol. The maximum absolute atomic E-state index is 12.0. The van der Waals surface area contributed by atoms with Gasteiger partial charge in [0.25, 0.3) is 0 Å². The molecule has 0 radical (unpaired) electrons. The second-order valence-corrected chi connectivity index (χ2v) is 4.10. The number of amides is 1. The van der Waals surface area contributed by atoms with Gasteiger partial charge in [0.15, 0.2) is 0 Å². The lowest BCUT2D eigenvalue weighted by molar-refractivity contribution is -0.141. The van der Waals surface area contributed by atoms with Crippen molar-refractivity contribution in [3.63, 3.8) is 0 Å². The van der Waals surface area contributed by atoms with Gasteiger partial charge >= 0.3 is 0 Å². The van der Waals surface area contributed by atoms with Crippen LogP contribution >= 0.6 is 0 Å². The molecule has 0 saturated carbocycles. The first-order valence-electron chi connectivity index (χ1n) is 5.40. The molecule has 4 nitrogen and oxygen atoms in total. The van der Waals surface area contributed by atoms with Gasteiger partial charge in [0.05, 0.1) is 25.3 Å². The summed E-state index contributed by atoms with van der Waals surface area (Å²) in [7, 11) is 0. The van der Waals surface area contributed by atoms with E-state index in [9.17, 15) is 4.79 Å². The van der Waals surface area contributed by atoms with Crippen molar-refractivity contribution in [2.24, 2.45) is 0 Å². The maximum atomic E-state index is 12.0. The van der Waals surface area contributed by atoms with Crippen LogP contribution in [0.25, 0.3) is 0 Å². The SMILES string of the molecule is C[C@@H]1COCCN1C(=O)C1CCCN1. The quantitative estimate of drug-likeness (QED) is 0.644. The third-order valence-electron chi connectivity index (χ3n) is 3.01. The Bertz CT molecular complexity index is 214. The summed E-state index contributed by atoms with van der Waals surface area (Å²) >= 11 is 0. The Balaban J connectivity index is 1.94. The van der Waals surface area contributed by atoms with Crippen LogP contribution in [0.2, 0.25) is 0 Å². The van der Waals surface area contributed by atoms with Gasteiger partial charge in [-0.25, -0.2) is 0 Å². The lowest BCUT2D eigenvalue weighted by atomic mass is 10.1. The largest absolute Gasteiger partial charge is 0.377 e. The van der Waals surface area contributed by atoms with Crippen LogP contribution in [0.15, 0.2) is 0 Å². The van der Waals surface area contributed by atoms with E-state index in [1.54, 1.807) is 0 Å². The summed E-state index contributed by atoms with van der Waals surface area (Å²) in [5.41, 5.74) is 0. The number of hydrogen-bond donors (Lipinski definition) is 1. The second kappa shape index (κ2) is 4.28. The zero-order chi connectivity index (χ0) is 9.97. The van der Waals surface area contributed by atoms with Gasteiger partial charge in [-0.1, -0.05) is 0 Å². The molecule has 0 aromatic rings. The van der Waals surface area contributed by atoms with Gasteiger partial charge in [-0.15, -0.1) is 0 Å². The van der Waals surface area contributed by atoms with Crippen LogP contribution < -0.4 is 5.32 Å². The number of ether oxygens (including phenoxy) is 1.